The Kier molecular flexibility index (Phi) is 5.62. The van der Waals surface area contributed by atoms with Gasteiger partial charge in [0, 0.05) is 24.8 Å². The van der Waals surface area contributed by atoms with Crippen molar-refractivity contribution in [1.29, 1.82) is 0 Å². The zero-order chi connectivity index (χ0) is 23.8. The summed E-state index contributed by atoms with van der Waals surface area (Å²) in [5, 5.41) is 3.48. The van der Waals surface area contributed by atoms with Crippen molar-refractivity contribution in [2.45, 2.75) is 26.4 Å². The molecule has 9 nitrogen and oxygen atoms in total. The highest BCUT2D eigenvalue weighted by atomic mass is 32.1. The summed E-state index contributed by atoms with van der Waals surface area (Å²) in [6, 6.07) is 10.1. The van der Waals surface area contributed by atoms with E-state index in [9.17, 15) is 14.0 Å². The molecular formula is C23H20FN7O2S. The zero-order valence-corrected chi connectivity index (χ0v) is 19.2. The van der Waals surface area contributed by atoms with Gasteiger partial charge in [0.2, 0.25) is 0 Å². The lowest BCUT2D eigenvalue weighted by atomic mass is 10.1. The number of amides is 2. The van der Waals surface area contributed by atoms with Crippen molar-refractivity contribution in [2.75, 3.05) is 11.9 Å². The number of hydrogen-bond donors (Lipinski definition) is 1. The molecule has 11 heteroatoms. The molecule has 0 radical (unpaired) electrons. The van der Waals surface area contributed by atoms with E-state index in [4.69, 9.17) is 4.98 Å². The van der Waals surface area contributed by atoms with E-state index in [2.05, 4.69) is 19.7 Å². The molecule has 4 aromatic rings. The van der Waals surface area contributed by atoms with E-state index in [1.165, 1.54) is 35.8 Å². The minimum absolute atomic E-state index is 0.227. The zero-order valence-electron chi connectivity index (χ0n) is 18.4. The van der Waals surface area contributed by atoms with Crippen LogP contribution in [0.2, 0.25) is 0 Å². The summed E-state index contributed by atoms with van der Waals surface area (Å²) >= 11 is 1.23. The number of carbonyl (C=O) groups excluding carboxylic acids is 2. The fraction of sp³-hybridized carbons (Fsp3) is 0.217. The topological polar surface area (TPSA) is 106 Å². The van der Waals surface area contributed by atoms with Crippen LogP contribution in [0.15, 0.2) is 48.7 Å². The van der Waals surface area contributed by atoms with Gasteiger partial charge in [0.05, 0.1) is 11.7 Å². The second-order valence-corrected chi connectivity index (χ2v) is 8.57. The van der Waals surface area contributed by atoms with Gasteiger partial charge in [-0.2, -0.15) is 4.37 Å². The fourth-order valence-corrected chi connectivity index (χ4v) is 4.68. The van der Waals surface area contributed by atoms with Gasteiger partial charge in [-0.15, -0.1) is 0 Å². The quantitative estimate of drug-likeness (QED) is 0.480. The van der Waals surface area contributed by atoms with E-state index in [1.54, 1.807) is 36.2 Å². The summed E-state index contributed by atoms with van der Waals surface area (Å²) in [6.45, 7) is 4.54. The van der Waals surface area contributed by atoms with E-state index in [0.717, 1.165) is 0 Å². The standard InChI is InChI=1S/C23H20FN7O2S/c1-13-18-19(28-21(32)17-5-3-4-10-25-17)27-20(22-26-14(2)29-34-22)31(18)12-11-30(13)23(33)15-6-8-16(24)9-7-15/h3-10,13H,11-12H2,1-2H3,(H,28,32)/t13-/m1/s1. The van der Waals surface area contributed by atoms with Crippen molar-refractivity contribution < 1.29 is 14.0 Å². The minimum atomic E-state index is -0.416. The summed E-state index contributed by atoms with van der Waals surface area (Å²) < 4.78 is 19.6. The van der Waals surface area contributed by atoms with Crippen LogP contribution in [0, 0.1) is 12.7 Å². The van der Waals surface area contributed by atoms with Crippen molar-refractivity contribution >= 4 is 29.2 Å². The Hall–Kier alpha value is -3.99. The Bertz CT molecular complexity index is 1370. The third-order valence-electron chi connectivity index (χ3n) is 5.63. The van der Waals surface area contributed by atoms with Gasteiger partial charge in [0.25, 0.3) is 11.8 Å². The van der Waals surface area contributed by atoms with Crippen LogP contribution >= 0.6 is 11.5 Å². The lowest BCUT2D eigenvalue weighted by molar-refractivity contribution is 0.0646. The van der Waals surface area contributed by atoms with E-state index in [1.807, 2.05) is 11.5 Å². The number of aryl methyl sites for hydroxylation is 1. The molecule has 4 heterocycles. The number of benzene rings is 1. The van der Waals surface area contributed by atoms with Crippen LogP contribution in [0.4, 0.5) is 10.2 Å². The summed E-state index contributed by atoms with van der Waals surface area (Å²) in [5.41, 5.74) is 1.31. The van der Waals surface area contributed by atoms with Gasteiger partial charge in [-0.05, 0) is 61.8 Å². The smallest absolute Gasteiger partial charge is 0.275 e. The Morgan fingerprint density at radius 3 is 2.59 bits per heavy atom. The lowest BCUT2D eigenvalue weighted by Gasteiger charge is -2.35. The summed E-state index contributed by atoms with van der Waals surface area (Å²) in [4.78, 5) is 41.0. The maximum absolute atomic E-state index is 13.4. The van der Waals surface area contributed by atoms with Gasteiger partial charge >= 0.3 is 0 Å². The Morgan fingerprint density at radius 1 is 1.12 bits per heavy atom. The molecule has 0 spiro atoms. The highest BCUT2D eigenvalue weighted by molar-refractivity contribution is 7.09. The number of anilines is 1. The molecule has 0 saturated heterocycles. The third kappa shape index (κ3) is 3.94. The van der Waals surface area contributed by atoms with Gasteiger partial charge in [-0.3, -0.25) is 14.6 Å². The molecule has 0 saturated carbocycles. The van der Waals surface area contributed by atoms with Crippen LogP contribution in [0.25, 0.3) is 10.8 Å². The van der Waals surface area contributed by atoms with Crippen LogP contribution in [-0.2, 0) is 6.54 Å². The second-order valence-electron chi connectivity index (χ2n) is 7.82. The maximum atomic E-state index is 13.4. The highest BCUT2D eigenvalue weighted by Gasteiger charge is 2.35. The number of imidazole rings is 1. The molecule has 0 aliphatic carbocycles. The summed E-state index contributed by atoms with van der Waals surface area (Å²) in [7, 11) is 0. The average Bonchev–Trinajstić information content (AvgIpc) is 3.44. The third-order valence-corrected chi connectivity index (χ3v) is 6.44. The van der Waals surface area contributed by atoms with Gasteiger partial charge in [-0.1, -0.05) is 6.07 Å². The number of pyridine rings is 1. The van der Waals surface area contributed by atoms with E-state index in [0.29, 0.717) is 46.8 Å². The van der Waals surface area contributed by atoms with Gasteiger partial charge < -0.3 is 14.8 Å². The van der Waals surface area contributed by atoms with Gasteiger partial charge in [-0.25, -0.2) is 14.4 Å². The summed E-state index contributed by atoms with van der Waals surface area (Å²) in [6.07, 6.45) is 1.54. The first-order chi connectivity index (χ1) is 16.4. The first-order valence-electron chi connectivity index (χ1n) is 10.6. The monoisotopic (exact) mass is 477 g/mol. The highest BCUT2D eigenvalue weighted by Crippen LogP contribution is 2.37. The lowest BCUT2D eigenvalue weighted by Crippen LogP contribution is -2.41. The van der Waals surface area contributed by atoms with Crippen molar-refractivity contribution in [3.05, 3.63) is 77.3 Å². The molecule has 172 valence electrons. The van der Waals surface area contributed by atoms with Crippen LogP contribution in [-0.4, -0.2) is 47.2 Å². The molecule has 0 unspecified atom stereocenters. The van der Waals surface area contributed by atoms with Crippen LogP contribution in [0.1, 0.15) is 45.3 Å². The molecular weight excluding hydrogens is 457 g/mol. The molecule has 1 atom stereocenters. The van der Waals surface area contributed by atoms with E-state index < -0.39 is 17.8 Å². The van der Waals surface area contributed by atoms with Gasteiger partial charge in [0.1, 0.15) is 17.3 Å². The van der Waals surface area contributed by atoms with E-state index in [-0.39, 0.29) is 11.6 Å². The Balaban J connectivity index is 1.54. The molecule has 1 aliphatic rings. The molecule has 3 aromatic heterocycles. The average molecular weight is 478 g/mol. The van der Waals surface area contributed by atoms with Crippen molar-refractivity contribution in [3.63, 3.8) is 0 Å². The fourth-order valence-electron chi connectivity index (χ4n) is 4.01. The minimum Gasteiger partial charge on any atom is -0.328 e. The van der Waals surface area contributed by atoms with Crippen molar-refractivity contribution in [2.24, 2.45) is 0 Å². The molecule has 1 N–H and O–H groups in total. The number of nitrogens with zero attached hydrogens (tertiary/aromatic N) is 6. The van der Waals surface area contributed by atoms with Crippen molar-refractivity contribution in [3.8, 4) is 10.8 Å². The largest absolute Gasteiger partial charge is 0.328 e. The first-order valence-corrected chi connectivity index (χ1v) is 11.4. The molecule has 5 rings (SSSR count). The Labute approximate surface area is 198 Å². The predicted octanol–water partition coefficient (Wildman–Crippen LogP) is 3.71. The number of halogens is 1. The normalized spacial score (nSPS) is 15.1. The number of nitrogens with one attached hydrogen (secondary N) is 1. The van der Waals surface area contributed by atoms with Gasteiger partial charge in [0.15, 0.2) is 16.6 Å². The van der Waals surface area contributed by atoms with Crippen LogP contribution in [0.3, 0.4) is 0 Å². The van der Waals surface area contributed by atoms with Crippen LogP contribution < -0.4 is 5.32 Å². The molecule has 34 heavy (non-hydrogen) atoms. The SMILES string of the molecule is Cc1nsc(-c2nc(NC(=O)c3ccccn3)c3n2CCN(C(=O)c2ccc(F)cc2)[C@@H]3C)n1. The first kappa shape index (κ1) is 21.8. The molecule has 1 aliphatic heterocycles. The molecule has 0 bridgehead atoms. The number of rotatable bonds is 4. The number of hydrogen-bond acceptors (Lipinski definition) is 7. The number of aromatic nitrogens is 5. The molecule has 1 aromatic carbocycles. The van der Waals surface area contributed by atoms with E-state index >= 15 is 0 Å². The summed E-state index contributed by atoms with van der Waals surface area (Å²) in [5.74, 6) is 0.512. The van der Waals surface area contributed by atoms with Crippen molar-refractivity contribution in [1.82, 2.24) is 28.8 Å². The number of carbonyl (C=O) groups is 2. The predicted molar refractivity (Wildman–Crippen MR) is 124 cm³/mol. The molecule has 0 fully saturated rings. The second kappa shape index (κ2) is 8.75. The van der Waals surface area contributed by atoms with Crippen LogP contribution in [0.5, 0.6) is 0 Å². The Morgan fingerprint density at radius 2 is 1.91 bits per heavy atom. The molecule has 2 amide bonds. The number of fused-ring (bicyclic) bond motifs is 1. The maximum Gasteiger partial charge on any atom is 0.275 e.